The van der Waals surface area contributed by atoms with Gasteiger partial charge in [-0.1, -0.05) is 0 Å². The Bertz CT molecular complexity index is 163. The second-order valence-corrected chi connectivity index (χ2v) is 1.14. The highest BCUT2D eigenvalue weighted by molar-refractivity contribution is 5.85. The first-order valence-electron chi connectivity index (χ1n) is 2.02. The molecule has 4 nitrogen and oxygen atoms in total. The van der Waals surface area contributed by atoms with Gasteiger partial charge < -0.3 is 9.73 Å². The molecule has 9 heavy (non-hydrogen) atoms. The number of oxazole rings is 1. The molecule has 5 heteroatoms. The van der Waals surface area contributed by atoms with Crippen molar-refractivity contribution in [1.29, 1.82) is 0 Å². The first-order valence-corrected chi connectivity index (χ1v) is 2.02. The van der Waals surface area contributed by atoms with Crippen molar-refractivity contribution in [3.05, 3.63) is 12.7 Å². The van der Waals surface area contributed by atoms with E-state index < -0.39 is 0 Å². The molecule has 0 aliphatic rings. The van der Waals surface area contributed by atoms with Crippen LogP contribution in [-0.4, -0.2) is 11.4 Å². The van der Waals surface area contributed by atoms with Crippen molar-refractivity contribution in [2.45, 2.75) is 0 Å². The zero-order chi connectivity index (χ0) is 5.82. The van der Waals surface area contributed by atoms with E-state index in [4.69, 9.17) is 0 Å². The number of aromatic nitrogens is 1. The summed E-state index contributed by atoms with van der Waals surface area (Å²) >= 11 is 0. The van der Waals surface area contributed by atoms with E-state index in [0.29, 0.717) is 12.2 Å². The molecule has 0 aromatic carbocycles. The molecule has 1 N–H and O–H groups in total. The summed E-state index contributed by atoms with van der Waals surface area (Å²) in [7, 11) is 0. The van der Waals surface area contributed by atoms with Gasteiger partial charge in [0.15, 0.2) is 12.2 Å². The van der Waals surface area contributed by atoms with Gasteiger partial charge in [0.2, 0.25) is 6.41 Å². The summed E-state index contributed by atoms with van der Waals surface area (Å²) in [6.07, 6.45) is 3.12. The Morgan fingerprint density at radius 2 is 2.56 bits per heavy atom. The maximum Gasteiger partial charge on any atom is 0.212 e. The van der Waals surface area contributed by atoms with Crippen LogP contribution in [0, 0.1) is 0 Å². The Hall–Kier alpha value is -1.03. The SMILES string of the molecule is Cl.O=CNc1cocn1. The van der Waals surface area contributed by atoms with Crippen molar-refractivity contribution in [2.75, 3.05) is 5.32 Å². The number of carbonyl (C=O) groups excluding carboxylic acids is 1. The molecule has 0 fully saturated rings. The van der Waals surface area contributed by atoms with E-state index in [0.717, 1.165) is 0 Å². The van der Waals surface area contributed by atoms with E-state index in [2.05, 4.69) is 14.7 Å². The van der Waals surface area contributed by atoms with Gasteiger partial charge in [0.05, 0.1) is 0 Å². The van der Waals surface area contributed by atoms with Gasteiger partial charge >= 0.3 is 0 Å². The van der Waals surface area contributed by atoms with Gasteiger partial charge in [-0.3, -0.25) is 4.79 Å². The lowest BCUT2D eigenvalue weighted by molar-refractivity contribution is -0.105. The molecule has 1 aromatic rings. The van der Waals surface area contributed by atoms with Crippen molar-refractivity contribution in [2.24, 2.45) is 0 Å². The minimum atomic E-state index is 0. The maximum atomic E-state index is 9.68. The van der Waals surface area contributed by atoms with E-state index in [1.54, 1.807) is 0 Å². The Balaban J connectivity index is 0.000000640. The largest absolute Gasteiger partial charge is 0.449 e. The lowest BCUT2D eigenvalue weighted by Gasteiger charge is -1.81. The third-order valence-electron chi connectivity index (χ3n) is 0.639. The minimum Gasteiger partial charge on any atom is -0.449 e. The summed E-state index contributed by atoms with van der Waals surface area (Å²) in [5, 5.41) is 2.30. The van der Waals surface area contributed by atoms with Gasteiger partial charge in [0.1, 0.15) is 6.26 Å². The third-order valence-corrected chi connectivity index (χ3v) is 0.639. The van der Waals surface area contributed by atoms with Gasteiger partial charge in [-0.05, 0) is 0 Å². The molecule has 0 spiro atoms. The third kappa shape index (κ3) is 2.14. The lowest BCUT2D eigenvalue weighted by atomic mass is 10.8. The molecule has 50 valence electrons. The van der Waals surface area contributed by atoms with E-state index in [9.17, 15) is 4.79 Å². The molecular formula is C4H5ClN2O2. The molecule has 1 rings (SSSR count). The standard InChI is InChI=1S/C4H4N2O2.ClH/c7-2-5-4-1-8-3-6-4;/h1-3H,(H,5,7);1H. The molecule has 1 aromatic heterocycles. The molecule has 0 radical (unpaired) electrons. The van der Waals surface area contributed by atoms with E-state index >= 15 is 0 Å². The minimum absolute atomic E-state index is 0. The van der Waals surface area contributed by atoms with Crippen LogP contribution < -0.4 is 5.32 Å². The molecule has 0 unspecified atom stereocenters. The number of anilines is 1. The molecule has 0 aliphatic heterocycles. The van der Waals surface area contributed by atoms with Gasteiger partial charge in [0, 0.05) is 0 Å². The topological polar surface area (TPSA) is 55.1 Å². The second-order valence-electron chi connectivity index (χ2n) is 1.14. The second kappa shape index (κ2) is 3.91. The van der Waals surface area contributed by atoms with Crippen molar-refractivity contribution >= 4 is 24.6 Å². The maximum absolute atomic E-state index is 9.68. The van der Waals surface area contributed by atoms with Crippen LogP contribution in [-0.2, 0) is 4.79 Å². The smallest absolute Gasteiger partial charge is 0.212 e. The molecule has 0 saturated carbocycles. The first-order chi connectivity index (χ1) is 3.93. The normalized spacial score (nSPS) is 7.56. The van der Waals surface area contributed by atoms with Crippen molar-refractivity contribution in [3.8, 4) is 0 Å². The Morgan fingerprint density at radius 3 is 3.00 bits per heavy atom. The highest BCUT2D eigenvalue weighted by atomic mass is 35.5. The summed E-state index contributed by atoms with van der Waals surface area (Å²) in [4.78, 5) is 13.3. The van der Waals surface area contributed by atoms with Crippen LogP contribution in [0.4, 0.5) is 5.82 Å². The number of carbonyl (C=O) groups is 1. The Morgan fingerprint density at radius 1 is 1.78 bits per heavy atom. The fourth-order valence-corrected chi connectivity index (χ4v) is 0.344. The summed E-state index contributed by atoms with van der Waals surface area (Å²) < 4.78 is 4.53. The van der Waals surface area contributed by atoms with Crippen LogP contribution in [0.15, 0.2) is 17.1 Å². The van der Waals surface area contributed by atoms with Crippen LogP contribution in [0.2, 0.25) is 0 Å². The van der Waals surface area contributed by atoms with Crippen LogP contribution in [0.3, 0.4) is 0 Å². The summed E-state index contributed by atoms with van der Waals surface area (Å²) in [5.74, 6) is 0.431. The fraction of sp³-hybridized carbons (Fsp3) is 0. The van der Waals surface area contributed by atoms with Crippen molar-refractivity contribution < 1.29 is 9.21 Å². The molecule has 0 saturated heterocycles. The summed E-state index contributed by atoms with van der Waals surface area (Å²) in [6, 6.07) is 0. The average Bonchev–Trinajstić information content (AvgIpc) is 2.19. The summed E-state index contributed by atoms with van der Waals surface area (Å²) in [6.45, 7) is 0. The molecular weight excluding hydrogens is 144 g/mol. The molecule has 1 heterocycles. The summed E-state index contributed by atoms with van der Waals surface area (Å²) in [5.41, 5.74) is 0. The highest BCUT2D eigenvalue weighted by Gasteiger charge is 1.87. The van der Waals surface area contributed by atoms with Crippen molar-refractivity contribution in [1.82, 2.24) is 4.98 Å². The highest BCUT2D eigenvalue weighted by Crippen LogP contribution is 1.97. The van der Waals surface area contributed by atoms with E-state index in [1.807, 2.05) is 0 Å². The Kier molecular flexibility index (Phi) is 3.46. The molecule has 0 bridgehead atoms. The number of rotatable bonds is 2. The van der Waals surface area contributed by atoms with Gasteiger partial charge in [-0.15, -0.1) is 12.4 Å². The molecule has 0 atom stereocenters. The number of hydrogen-bond donors (Lipinski definition) is 1. The van der Waals surface area contributed by atoms with Crippen LogP contribution >= 0.6 is 12.4 Å². The molecule has 0 aliphatic carbocycles. The lowest BCUT2D eigenvalue weighted by Crippen LogP contribution is -1.91. The van der Waals surface area contributed by atoms with Gasteiger partial charge in [0.25, 0.3) is 0 Å². The van der Waals surface area contributed by atoms with Crippen molar-refractivity contribution in [3.63, 3.8) is 0 Å². The predicted molar refractivity (Wildman–Crippen MR) is 33.4 cm³/mol. The Labute approximate surface area is 57.7 Å². The first kappa shape index (κ1) is 7.97. The number of hydrogen-bond acceptors (Lipinski definition) is 3. The number of amides is 1. The number of nitrogens with zero attached hydrogens (tertiary/aromatic N) is 1. The monoisotopic (exact) mass is 148 g/mol. The van der Waals surface area contributed by atoms with Gasteiger partial charge in [-0.25, -0.2) is 0 Å². The predicted octanol–water partition coefficient (Wildman–Crippen LogP) is 0.665. The van der Waals surface area contributed by atoms with Crippen LogP contribution in [0.25, 0.3) is 0 Å². The van der Waals surface area contributed by atoms with Crippen LogP contribution in [0.5, 0.6) is 0 Å². The quantitative estimate of drug-likeness (QED) is 0.627. The number of nitrogens with one attached hydrogen (secondary N) is 1. The van der Waals surface area contributed by atoms with Gasteiger partial charge in [-0.2, -0.15) is 4.98 Å². The zero-order valence-electron chi connectivity index (χ0n) is 4.40. The van der Waals surface area contributed by atoms with E-state index in [-0.39, 0.29) is 12.4 Å². The zero-order valence-corrected chi connectivity index (χ0v) is 5.22. The fourth-order valence-electron chi connectivity index (χ4n) is 0.344. The molecule has 1 amide bonds. The average molecular weight is 149 g/mol. The number of halogens is 1. The van der Waals surface area contributed by atoms with E-state index in [1.165, 1.54) is 12.7 Å². The van der Waals surface area contributed by atoms with Crippen LogP contribution in [0.1, 0.15) is 0 Å².